The van der Waals surface area contributed by atoms with E-state index in [2.05, 4.69) is 53.5 Å². The quantitative estimate of drug-likeness (QED) is 0.892. The van der Waals surface area contributed by atoms with Crippen molar-refractivity contribution < 1.29 is 4.79 Å². The van der Waals surface area contributed by atoms with Crippen LogP contribution in [-0.4, -0.2) is 46.5 Å². The number of carbonyl (C=O) groups excluding carboxylic acids is 1. The zero-order valence-corrected chi connectivity index (χ0v) is 15.7. The van der Waals surface area contributed by atoms with Crippen LogP contribution in [0.15, 0.2) is 30.3 Å². The van der Waals surface area contributed by atoms with Crippen molar-refractivity contribution in [2.45, 2.75) is 50.6 Å². The van der Waals surface area contributed by atoms with E-state index in [-0.39, 0.29) is 11.9 Å². The van der Waals surface area contributed by atoms with Crippen LogP contribution in [0.5, 0.6) is 0 Å². The van der Waals surface area contributed by atoms with Gasteiger partial charge in [0.1, 0.15) is 5.69 Å². The van der Waals surface area contributed by atoms with Gasteiger partial charge in [0.15, 0.2) is 0 Å². The Morgan fingerprint density at radius 2 is 1.96 bits per heavy atom. The lowest BCUT2D eigenvalue weighted by Crippen LogP contribution is -2.38. The Hall–Kier alpha value is -2.14. The average Bonchev–Trinajstić information content (AvgIpc) is 3.38. The van der Waals surface area contributed by atoms with Gasteiger partial charge in [-0.1, -0.05) is 24.3 Å². The molecular weight excluding hydrogens is 324 g/mol. The van der Waals surface area contributed by atoms with E-state index in [0.717, 1.165) is 31.6 Å². The predicted molar refractivity (Wildman–Crippen MR) is 102 cm³/mol. The Kier molecular flexibility index (Phi) is 4.81. The SMILES string of the molecule is CN(C)Cc1ccc([C@@H]2CCCCN2C(=O)c2cc(C3CC3)[nH]n2)cc1. The second kappa shape index (κ2) is 7.23. The van der Waals surface area contributed by atoms with Crippen molar-refractivity contribution in [2.24, 2.45) is 0 Å². The van der Waals surface area contributed by atoms with Crippen molar-refractivity contribution in [3.05, 3.63) is 52.8 Å². The highest BCUT2D eigenvalue weighted by Gasteiger charge is 2.31. The highest BCUT2D eigenvalue weighted by atomic mass is 16.2. The van der Waals surface area contributed by atoms with Crippen LogP contribution in [0.1, 0.15) is 71.4 Å². The molecule has 2 fully saturated rings. The number of amides is 1. The molecule has 1 aromatic heterocycles. The molecule has 1 atom stereocenters. The van der Waals surface area contributed by atoms with Crippen LogP contribution in [0, 0.1) is 0 Å². The fraction of sp³-hybridized carbons (Fsp3) is 0.524. The van der Waals surface area contributed by atoms with E-state index in [1.165, 1.54) is 30.4 Å². The van der Waals surface area contributed by atoms with Gasteiger partial charge in [-0.25, -0.2) is 0 Å². The highest BCUT2D eigenvalue weighted by molar-refractivity contribution is 5.92. The molecule has 1 amide bonds. The molecule has 2 heterocycles. The Labute approximate surface area is 155 Å². The largest absolute Gasteiger partial charge is 0.330 e. The molecule has 1 N–H and O–H groups in total. The van der Waals surface area contributed by atoms with Crippen molar-refractivity contribution in [3.63, 3.8) is 0 Å². The number of hydrogen-bond acceptors (Lipinski definition) is 3. The van der Waals surface area contributed by atoms with Gasteiger partial charge in [0, 0.05) is 24.7 Å². The summed E-state index contributed by atoms with van der Waals surface area (Å²) in [5.41, 5.74) is 4.23. The third-order valence-corrected chi connectivity index (χ3v) is 5.46. The van der Waals surface area contributed by atoms with E-state index in [0.29, 0.717) is 11.6 Å². The zero-order chi connectivity index (χ0) is 18.1. The average molecular weight is 352 g/mol. The van der Waals surface area contributed by atoms with Gasteiger partial charge in [-0.3, -0.25) is 9.89 Å². The molecule has 1 saturated carbocycles. The third-order valence-electron chi connectivity index (χ3n) is 5.46. The number of rotatable bonds is 5. The zero-order valence-electron chi connectivity index (χ0n) is 15.7. The Balaban J connectivity index is 1.52. The topological polar surface area (TPSA) is 52.2 Å². The van der Waals surface area contributed by atoms with Crippen LogP contribution < -0.4 is 0 Å². The molecule has 0 bridgehead atoms. The van der Waals surface area contributed by atoms with E-state index < -0.39 is 0 Å². The van der Waals surface area contributed by atoms with Gasteiger partial charge in [0.2, 0.25) is 0 Å². The lowest BCUT2D eigenvalue weighted by molar-refractivity contribution is 0.0605. The predicted octanol–water partition coefficient (Wildman–Crippen LogP) is 3.72. The number of nitrogens with one attached hydrogen (secondary N) is 1. The molecule has 5 nitrogen and oxygen atoms in total. The van der Waals surface area contributed by atoms with Gasteiger partial charge < -0.3 is 9.80 Å². The second-order valence-electron chi connectivity index (χ2n) is 7.97. The Morgan fingerprint density at radius 3 is 2.65 bits per heavy atom. The minimum absolute atomic E-state index is 0.0650. The Bertz CT molecular complexity index is 761. The maximum absolute atomic E-state index is 13.1. The smallest absolute Gasteiger partial charge is 0.274 e. The number of likely N-dealkylation sites (tertiary alicyclic amines) is 1. The minimum atomic E-state index is 0.0650. The summed E-state index contributed by atoms with van der Waals surface area (Å²) in [5, 5.41) is 7.37. The minimum Gasteiger partial charge on any atom is -0.330 e. The fourth-order valence-corrected chi connectivity index (χ4v) is 3.93. The summed E-state index contributed by atoms with van der Waals surface area (Å²) in [6.45, 7) is 1.75. The molecule has 4 rings (SSSR count). The number of H-pyrrole nitrogens is 1. The molecule has 1 aromatic carbocycles. The molecule has 0 spiro atoms. The van der Waals surface area contributed by atoms with Gasteiger partial charge in [0.25, 0.3) is 5.91 Å². The van der Waals surface area contributed by atoms with Crippen LogP contribution in [0.4, 0.5) is 0 Å². The van der Waals surface area contributed by atoms with Gasteiger partial charge >= 0.3 is 0 Å². The van der Waals surface area contributed by atoms with Crippen LogP contribution in [0.25, 0.3) is 0 Å². The molecule has 138 valence electrons. The van der Waals surface area contributed by atoms with Crippen LogP contribution in [0.2, 0.25) is 0 Å². The van der Waals surface area contributed by atoms with Gasteiger partial charge in [-0.2, -0.15) is 5.10 Å². The van der Waals surface area contributed by atoms with E-state index >= 15 is 0 Å². The summed E-state index contributed by atoms with van der Waals surface area (Å²) in [6, 6.07) is 10.9. The summed E-state index contributed by atoms with van der Waals surface area (Å²) in [6.07, 6.45) is 5.68. The first kappa shape index (κ1) is 17.3. The molecule has 2 aliphatic rings. The normalized spacial score (nSPS) is 20.6. The van der Waals surface area contributed by atoms with E-state index in [4.69, 9.17) is 0 Å². The summed E-state index contributed by atoms with van der Waals surface area (Å²) in [4.78, 5) is 17.3. The van der Waals surface area contributed by atoms with Gasteiger partial charge in [-0.15, -0.1) is 0 Å². The number of aromatic nitrogens is 2. The summed E-state index contributed by atoms with van der Waals surface area (Å²) in [5.74, 6) is 0.653. The van der Waals surface area contributed by atoms with E-state index in [1.54, 1.807) is 0 Å². The highest BCUT2D eigenvalue weighted by Crippen LogP contribution is 2.39. The van der Waals surface area contributed by atoms with Crippen molar-refractivity contribution in [2.75, 3.05) is 20.6 Å². The number of benzene rings is 1. The first-order valence-corrected chi connectivity index (χ1v) is 9.71. The Morgan fingerprint density at radius 1 is 1.19 bits per heavy atom. The van der Waals surface area contributed by atoms with Crippen LogP contribution in [0.3, 0.4) is 0 Å². The molecule has 2 aromatic rings. The standard InChI is InChI=1S/C21H28N4O/c1-24(2)14-15-6-8-17(9-7-15)20-5-3-4-12-25(20)21(26)19-13-18(22-23-19)16-10-11-16/h6-9,13,16,20H,3-5,10-12,14H2,1-2H3,(H,22,23)/t20-/m0/s1. The lowest BCUT2D eigenvalue weighted by Gasteiger charge is -2.35. The molecule has 1 aliphatic carbocycles. The van der Waals surface area contributed by atoms with E-state index in [9.17, 15) is 4.79 Å². The maximum Gasteiger partial charge on any atom is 0.274 e. The number of aromatic amines is 1. The van der Waals surface area contributed by atoms with Gasteiger partial charge in [-0.05, 0) is 63.4 Å². The number of carbonyl (C=O) groups is 1. The maximum atomic E-state index is 13.1. The first-order valence-electron chi connectivity index (χ1n) is 9.71. The molecule has 0 radical (unpaired) electrons. The number of piperidine rings is 1. The summed E-state index contributed by atoms with van der Waals surface area (Å²) >= 11 is 0. The summed E-state index contributed by atoms with van der Waals surface area (Å²) in [7, 11) is 4.16. The summed E-state index contributed by atoms with van der Waals surface area (Å²) < 4.78 is 0. The third kappa shape index (κ3) is 3.68. The number of hydrogen-bond donors (Lipinski definition) is 1. The van der Waals surface area contributed by atoms with Crippen LogP contribution >= 0.6 is 0 Å². The lowest BCUT2D eigenvalue weighted by atomic mass is 9.94. The first-order chi connectivity index (χ1) is 12.6. The molecule has 1 aliphatic heterocycles. The van der Waals surface area contributed by atoms with Crippen molar-refractivity contribution in [1.82, 2.24) is 20.0 Å². The van der Waals surface area contributed by atoms with Gasteiger partial charge in [0.05, 0.1) is 6.04 Å². The van der Waals surface area contributed by atoms with Crippen molar-refractivity contribution >= 4 is 5.91 Å². The van der Waals surface area contributed by atoms with Crippen molar-refractivity contribution in [3.8, 4) is 0 Å². The number of nitrogens with zero attached hydrogens (tertiary/aromatic N) is 3. The fourth-order valence-electron chi connectivity index (χ4n) is 3.93. The van der Waals surface area contributed by atoms with Crippen molar-refractivity contribution in [1.29, 1.82) is 0 Å². The molecule has 26 heavy (non-hydrogen) atoms. The molecule has 5 heteroatoms. The molecule has 0 unspecified atom stereocenters. The monoisotopic (exact) mass is 352 g/mol. The molecule has 1 saturated heterocycles. The molecular formula is C21H28N4O. The van der Waals surface area contributed by atoms with Crippen LogP contribution in [-0.2, 0) is 6.54 Å². The second-order valence-corrected chi connectivity index (χ2v) is 7.97. The van der Waals surface area contributed by atoms with E-state index in [1.807, 2.05) is 11.0 Å².